The zero-order valence-corrected chi connectivity index (χ0v) is 35.8. The van der Waals surface area contributed by atoms with Crippen LogP contribution in [-0.2, 0) is 11.2 Å². The first-order valence-corrected chi connectivity index (χ1v) is 22.6. The van der Waals surface area contributed by atoms with Crippen molar-refractivity contribution in [3.05, 3.63) is 241 Å². The van der Waals surface area contributed by atoms with E-state index in [0.717, 1.165) is 37.2 Å². The topological polar surface area (TPSA) is 12.5 Å². The number of hydrogen-bond acceptors (Lipinski definition) is 2. The molecule has 1 fully saturated rings. The summed E-state index contributed by atoms with van der Waals surface area (Å²) in [5.41, 5.74) is 17.7. The minimum atomic E-state index is 0.168. The molecule has 0 amide bonds. The van der Waals surface area contributed by atoms with E-state index in [1.807, 2.05) is 0 Å². The number of nitrogens with zero attached hydrogens (tertiary/aromatic N) is 1. The molecule has 1 saturated heterocycles. The van der Waals surface area contributed by atoms with Gasteiger partial charge in [-0.25, -0.2) is 0 Å². The SMILES string of the molecule is Cc1ccccc1-c1cc(-c2ccc(N(c3ccc(C4=CCCC5(COC6C=CC=CC65)C4)cc3)c3cccc4ccccc34)cc2)ccc1Cc1cccc(-c2ccccc2)c1. The minimum Gasteiger partial charge on any atom is -0.373 e. The van der Waals surface area contributed by atoms with Gasteiger partial charge in [0.1, 0.15) is 0 Å². The molecule has 2 heteroatoms. The molecule has 8 aromatic rings. The Kier molecular flexibility index (Phi) is 10.3. The number of fused-ring (bicyclic) bond motifs is 3. The summed E-state index contributed by atoms with van der Waals surface area (Å²) in [5, 5.41) is 2.45. The molecule has 3 unspecified atom stereocenters. The van der Waals surface area contributed by atoms with E-state index in [1.54, 1.807) is 0 Å². The fraction of sp³-hybridized carbons (Fsp3) is 0.148. The van der Waals surface area contributed by atoms with Crippen LogP contribution in [0.1, 0.15) is 41.5 Å². The average molecular weight is 814 g/mol. The molecular weight excluding hydrogens is 763 g/mol. The fourth-order valence-corrected chi connectivity index (χ4v) is 10.6. The molecule has 1 spiro atoms. The Balaban J connectivity index is 0.928. The number of aryl methyl sites for hydroxylation is 1. The summed E-state index contributed by atoms with van der Waals surface area (Å²) in [6.07, 6.45) is 15.8. The minimum absolute atomic E-state index is 0.168. The average Bonchev–Trinajstić information content (AvgIpc) is 3.69. The second kappa shape index (κ2) is 16.7. The largest absolute Gasteiger partial charge is 0.373 e. The molecule has 0 bridgehead atoms. The van der Waals surface area contributed by atoms with Gasteiger partial charge < -0.3 is 9.64 Å². The van der Waals surface area contributed by atoms with Crippen LogP contribution in [0.5, 0.6) is 0 Å². The lowest BCUT2D eigenvalue weighted by Gasteiger charge is -2.38. The Labute approximate surface area is 372 Å². The maximum Gasteiger partial charge on any atom is 0.0828 e. The van der Waals surface area contributed by atoms with Crippen molar-refractivity contribution in [3.8, 4) is 33.4 Å². The normalized spacial score (nSPS) is 19.0. The summed E-state index contributed by atoms with van der Waals surface area (Å²) in [5.74, 6) is 0.449. The molecule has 0 N–H and O–H groups in total. The van der Waals surface area contributed by atoms with E-state index < -0.39 is 0 Å². The Morgan fingerprint density at radius 3 is 2.08 bits per heavy atom. The molecule has 3 atom stereocenters. The van der Waals surface area contributed by atoms with Gasteiger partial charge in [-0.1, -0.05) is 182 Å². The van der Waals surface area contributed by atoms with Crippen molar-refractivity contribution < 1.29 is 4.74 Å². The van der Waals surface area contributed by atoms with E-state index in [9.17, 15) is 0 Å². The third-order valence-corrected chi connectivity index (χ3v) is 13.9. The van der Waals surface area contributed by atoms with Crippen LogP contribution in [0.25, 0.3) is 49.7 Å². The van der Waals surface area contributed by atoms with Crippen LogP contribution in [0.3, 0.4) is 0 Å². The van der Waals surface area contributed by atoms with Crippen LogP contribution in [-0.4, -0.2) is 12.7 Å². The number of rotatable bonds is 9. The van der Waals surface area contributed by atoms with E-state index >= 15 is 0 Å². The molecule has 2 aliphatic carbocycles. The molecule has 1 heterocycles. The van der Waals surface area contributed by atoms with Crippen molar-refractivity contribution in [1.29, 1.82) is 0 Å². The summed E-state index contributed by atoms with van der Waals surface area (Å²) >= 11 is 0. The molecule has 306 valence electrons. The number of ether oxygens (including phenoxy) is 1. The van der Waals surface area contributed by atoms with Gasteiger partial charge in [0.2, 0.25) is 0 Å². The molecule has 2 nitrogen and oxygen atoms in total. The van der Waals surface area contributed by atoms with Gasteiger partial charge in [0, 0.05) is 28.1 Å². The quantitative estimate of drug-likeness (QED) is 0.144. The van der Waals surface area contributed by atoms with Gasteiger partial charge in [0.15, 0.2) is 0 Å². The van der Waals surface area contributed by atoms with Crippen LogP contribution in [0.2, 0.25) is 0 Å². The third kappa shape index (κ3) is 7.56. The highest BCUT2D eigenvalue weighted by Crippen LogP contribution is 2.53. The van der Waals surface area contributed by atoms with Gasteiger partial charge in [-0.05, 0) is 136 Å². The Hall–Kier alpha value is -7.00. The summed E-state index contributed by atoms with van der Waals surface area (Å²) in [4.78, 5) is 2.42. The standard InChI is InChI=1S/C61H51NO/c1-43-14-5-7-22-55(43)57-40-50(27-28-51(57)39-44-15-11-20-49(38-44)45-16-3-2-4-17-45)46-29-33-53(34-30-46)62(59-25-12-19-48-18-6-8-23-56(48)59)54-35-31-47(32-36-54)52-21-13-37-61(41-52)42-63-60-26-10-9-24-58(60)61/h2-12,14-36,38,40,58,60H,13,37,39,41-42H2,1H3. The predicted octanol–water partition coefficient (Wildman–Crippen LogP) is 15.9. The Morgan fingerprint density at radius 2 is 1.24 bits per heavy atom. The lowest BCUT2D eigenvalue weighted by atomic mass is 9.65. The fourth-order valence-electron chi connectivity index (χ4n) is 10.6. The van der Waals surface area contributed by atoms with Gasteiger partial charge in [0.25, 0.3) is 0 Å². The highest BCUT2D eigenvalue weighted by atomic mass is 16.5. The maximum atomic E-state index is 6.36. The Morgan fingerprint density at radius 1 is 0.571 bits per heavy atom. The number of hydrogen-bond donors (Lipinski definition) is 0. The molecular formula is C61H51NO. The van der Waals surface area contributed by atoms with Crippen molar-refractivity contribution in [1.82, 2.24) is 0 Å². The first-order valence-electron chi connectivity index (χ1n) is 22.6. The third-order valence-electron chi connectivity index (χ3n) is 13.9. The van der Waals surface area contributed by atoms with Gasteiger partial charge in [-0.3, -0.25) is 0 Å². The van der Waals surface area contributed by atoms with Crippen molar-refractivity contribution in [2.24, 2.45) is 11.3 Å². The van der Waals surface area contributed by atoms with E-state index in [2.05, 4.69) is 230 Å². The van der Waals surface area contributed by atoms with E-state index in [4.69, 9.17) is 4.74 Å². The van der Waals surface area contributed by atoms with E-state index in [-0.39, 0.29) is 11.5 Å². The van der Waals surface area contributed by atoms with E-state index in [1.165, 1.54) is 84.1 Å². The van der Waals surface area contributed by atoms with Gasteiger partial charge in [-0.2, -0.15) is 0 Å². The van der Waals surface area contributed by atoms with Crippen molar-refractivity contribution in [2.75, 3.05) is 11.5 Å². The molecule has 3 aliphatic rings. The highest BCUT2D eigenvalue weighted by Gasteiger charge is 2.48. The summed E-state index contributed by atoms with van der Waals surface area (Å²) in [7, 11) is 0. The number of allylic oxidation sites excluding steroid dienone is 4. The van der Waals surface area contributed by atoms with Crippen LogP contribution >= 0.6 is 0 Å². The van der Waals surface area contributed by atoms with Crippen molar-refractivity contribution in [3.63, 3.8) is 0 Å². The first kappa shape index (κ1) is 38.9. The predicted molar refractivity (Wildman–Crippen MR) is 265 cm³/mol. The summed E-state index contributed by atoms with van der Waals surface area (Å²) < 4.78 is 6.36. The lowest BCUT2D eigenvalue weighted by molar-refractivity contribution is 0.116. The monoisotopic (exact) mass is 813 g/mol. The van der Waals surface area contributed by atoms with Crippen LogP contribution in [0.4, 0.5) is 17.1 Å². The summed E-state index contributed by atoms with van der Waals surface area (Å²) in [6.45, 7) is 3.05. The molecule has 63 heavy (non-hydrogen) atoms. The van der Waals surface area contributed by atoms with E-state index in [0.29, 0.717) is 5.92 Å². The molecule has 11 rings (SSSR count). The smallest absolute Gasteiger partial charge is 0.0828 e. The number of benzene rings is 8. The highest BCUT2D eigenvalue weighted by molar-refractivity contribution is 5.99. The van der Waals surface area contributed by atoms with Gasteiger partial charge >= 0.3 is 0 Å². The zero-order valence-electron chi connectivity index (χ0n) is 35.8. The second-order valence-corrected chi connectivity index (χ2v) is 17.7. The van der Waals surface area contributed by atoms with Crippen molar-refractivity contribution in [2.45, 2.75) is 38.7 Å². The molecule has 0 saturated carbocycles. The Bertz CT molecular complexity index is 3020. The molecule has 1 aliphatic heterocycles. The van der Waals surface area contributed by atoms with Gasteiger partial charge in [0.05, 0.1) is 18.4 Å². The van der Waals surface area contributed by atoms with Crippen LogP contribution in [0, 0.1) is 18.3 Å². The van der Waals surface area contributed by atoms with Crippen LogP contribution in [0.15, 0.2) is 218 Å². The van der Waals surface area contributed by atoms with Crippen molar-refractivity contribution >= 4 is 33.4 Å². The number of anilines is 3. The second-order valence-electron chi connectivity index (χ2n) is 17.7. The molecule has 0 aromatic heterocycles. The van der Waals surface area contributed by atoms with Crippen LogP contribution < -0.4 is 4.90 Å². The molecule has 0 radical (unpaired) electrons. The first-order chi connectivity index (χ1) is 31.1. The molecule has 8 aromatic carbocycles. The summed E-state index contributed by atoms with van der Waals surface area (Å²) in [6, 6.07) is 69.3. The van der Waals surface area contributed by atoms with Gasteiger partial charge in [-0.15, -0.1) is 0 Å². The lowest BCUT2D eigenvalue weighted by Crippen LogP contribution is -2.33. The maximum absolute atomic E-state index is 6.36. The zero-order chi connectivity index (χ0) is 42.2.